The van der Waals surface area contributed by atoms with E-state index >= 15 is 0 Å². The Morgan fingerprint density at radius 1 is 1.19 bits per heavy atom. The van der Waals surface area contributed by atoms with E-state index in [1.807, 2.05) is 0 Å². The van der Waals surface area contributed by atoms with E-state index < -0.39 is 47.5 Å². The second kappa shape index (κ2) is 8.98. The van der Waals surface area contributed by atoms with Crippen LogP contribution in [0.25, 0.3) is 0 Å². The summed E-state index contributed by atoms with van der Waals surface area (Å²) in [6, 6.07) is 5.55. The fourth-order valence-corrected chi connectivity index (χ4v) is 2.99. The molecule has 31 heavy (non-hydrogen) atoms. The monoisotopic (exact) mass is 436 g/mol. The van der Waals surface area contributed by atoms with E-state index in [0.29, 0.717) is 0 Å². The van der Waals surface area contributed by atoms with Gasteiger partial charge in [-0.15, -0.1) is 0 Å². The van der Waals surface area contributed by atoms with Gasteiger partial charge in [-0.25, -0.2) is 13.8 Å². The Morgan fingerprint density at radius 2 is 1.84 bits per heavy atom. The maximum absolute atomic E-state index is 13.4. The lowest BCUT2D eigenvalue weighted by Crippen LogP contribution is -2.40. The number of piperidine rings is 1. The van der Waals surface area contributed by atoms with Crippen LogP contribution in [0.2, 0.25) is 0 Å². The van der Waals surface area contributed by atoms with Crippen molar-refractivity contribution in [1.29, 1.82) is 0 Å². The van der Waals surface area contributed by atoms with Gasteiger partial charge in [0.2, 0.25) is 5.82 Å². The average molecular weight is 436 g/mol. The molecule has 10 nitrogen and oxygen atoms in total. The zero-order chi connectivity index (χ0) is 22.6. The van der Waals surface area contributed by atoms with Gasteiger partial charge in [0.15, 0.2) is 5.78 Å². The summed E-state index contributed by atoms with van der Waals surface area (Å²) in [4.78, 5) is 43.2. The molecule has 1 aromatic heterocycles. The van der Waals surface area contributed by atoms with E-state index in [-0.39, 0.29) is 36.1 Å². The van der Waals surface area contributed by atoms with Crippen LogP contribution in [-0.2, 0) is 9.53 Å². The van der Waals surface area contributed by atoms with Gasteiger partial charge >= 0.3 is 17.5 Å². The molecule has 1 aliphatic heterocycles. The van der Waals surface area contributed by atoms with Gasteiger partial charge in [-0.1, -0.05) is 0 Å². The molecule has 1 saturated heterocycles. The normalized spacial score (nSPS) is 15.3. The molecule has 2 aromatic rings. The third-order valence-electron chi connectivity index (χ3n) is 4.67. The molecule has 0 spiro atoms. The molecule has 12 heteroatoms. The summed E-state index contributed by atoms with van der Waals surface area (Å²) in [6.07, 6.45) is -0.248. The number of nitro groups is 1. The number of esters is 1. The molecule has 1 fully saturated rings. The number of ketones is 1. The summed E-state index contributed by atoms with van der Waals surface area (Å²) in [5, 5.41) is 11.7. The van der Waals surface area contributed by atoms with Crippen molar-refractivity contribution in [2.24, 2.45) is 0 Å². The van der Waals surface area contributed by atoms with Crippen LogP contribution in [0.15, 0.2) is 30.6 Å². The van der Waals surface area contributed by atoms with Crippen molar-refractivity contribution in [2.45, 2.75) is 25.2 Å². The number of alkyl halides is 2. The van der Waals surface area contributed by atoms with E-state index in [9.17, 15) is 28.5 Å². The summed E-state index contributed by atoms with van der Waals surface area (Å²) in [5.41, 5.74) is -0.316. The van der Waals surface area contributed by atoms with E-state index in [1.165, 1.54) is 36.3 Å². The zero-order valence-corrected chi connectivity index (χ0v) is 16.4. The molecular formula is C19H18F2N4O6. The van der Waals surface area contributed by atoms with Crippen LogP contribution in [0.1, 0.15) is 29.6 Å². The third kappa shape index (κ3) is 5.27. The minimum Gasteiger partial charge on any atom is -0.469 e. The maximum atomic E-state index is 13.4. The molecule has 0 saturated carbocycles. The number of nitrogens with zero attached hydrogens (tertiary/aromatic N) is 4. The summed E-state index contributed by atoms with van der Waals surface area (Å²) in [6.45, 7) is -0.192. The number of aromatic nitrogens is 2. The lowest BCUT2D eigenvalue weighted by atomic mass is 10.1. The van der Waals surface area contributed by atoms with Gasteiger partial charge in [0.05, 0.1) is 12.0 Å². The van der Waals surface area contributed by atoms with Gasteiger partial charge in [0.25, 0.3) is 5.92 Å². The highest BCUT2D eigenvalue weighted by molar-refractivity contribution is 6.05. The zero-order valence-electron chi connectivity index (χ0n) is 16.4. The predicted molar refractivity (Wildman–Crippen MR) is 103 cm³/mol. The summed E-state index contributed by atoms with van der Waals surface area (Å²) >= 11 is 0. The molecule has 0 unspecified atom stereocenters. The number of hydrogen-bond donors (Lipinski definition) is 0. The van der Waals surface area contributed by atoms with Crippen molar-refractivity contribution in [3.8, 4) is 11.6 Å². The average Bonchev–Trinajstić information content (AvgIpc) is 2.73. The maximum Gasteiger partial charge on any atom is 0.373 e. The van der Waals surface area contributed by atoms with Gasteiger partial charge in [-0.05, 0) is 24.3 Å². The van der Waals surface area contributed by atoms with Gasteiger partial charge in [-0.3, -0.25) is 19.7 Å². The third-order valence-corrected chi connectivity index (χ3v) is 4.67. The van der Waals surface area contributed by atoms with E-state index in [2.05, 4.69) is 14.7 Å². The number of benzene rings is 1. The van der Waals surface area contributed by atoms with E-state index in [1.54, 1.807) is 0 Å². The van der Waals surface area contributed by atoms with Crippen LogP contribution in [0, 0.1) is 10.1 Å². The van der Waals surface area contributed by atoms with E-state index in [4.69, 9.17) is 4.74 Å². The van der Waals surface area contributed by atoms with Crippen molar-refractivity contribution in [3.63, 3.8) is 0 Å². The number of carbonyl (C=O) groups excluding carboxylic acids is 2. The Labute approximate surface area is 175 Å². The van der Waals surface area contributed by atoms with Crippen molar-refractivity contribution in [1.82, 2.24) is 9.97 Å². The predicted octanol–water partition coefficient (Wildman–Crippen LogP) is 3.16. The lowest BCUT2D eigenvalue weighted by molar-refractivity contribution is -0.385. The Hall–Kier alpha value is -3.70. The molecule has 3 rings (SSSR count). The lowest BCUT2D eigenvalue weighted by Gasteiger charge is -2.32. The molecule has 1 aromatic carbocycles. The topological polar surface area (TPSA) is 125 Å². The summed E-state index contributed by atoms with van der Waals surface area (Å²) < 4.78 is 36.8. The first kappa shape index (κ1) is 22.0. The molecule has 0 aliphatic carbocycles. The highest BCUT2D eigenvalue weighted by Gasteiger charge is 2.37. The van der Waals surface area contributed by atoms with Crippen molar-refractivity contribution in [3.05, 3.63) is 46.3 Å². The van der Waals surface area contributed by atoms with Gasteiger partial charge in [0, 0.05) is 31.5 Å². The Kier molecular flexibility index (Phi) is 6.37. The Balaban J connectivity index is 1.81. The van der Waals surface area contributed by atoms with Crippen molar-refractivity contribution < 1.29 is 32.8 Å². The second-order valence-corrected chi connectivity index (χ2v) is 6.75. The minimum atomic E-state index is -2.81. The molecule has 0 amide bonds. The summed E-state index contributed by atoms with van der Waals surface area (Å²) in [7, 11) is 1.17. The first-order chi connectivity index (χ1) is 14.7. The van der Waals surface area contributed by atoms with Crippen LogP contribution in [0.3, 0.4) is 0 Å². The number of methoxy groups -OCH3 is 1. The van der Waals surface area contributed by atoms with Crippen molar-refractivity contribution in [2.75, 3.05) is 25.1 Å². The first-order valence-corrected chi connectivity index (χ1v) is 9.20. The second-order valence-electron chi connectivity index (χ2n) is 6.75. The molecular weight excluding hydrogens is 418 g/mol. The SMILES string of the molecule is COC(=O)CC(=O)c1ccc(Oc2ncnc(N3CCC(F)(F)CC3)c2[N+](=O)[O-])cc1. The number of ether oxygens (including phenoxy) is 2. The van der Waals surface area contributed by atoms with Crippen LogP contribution < -0.4 is 9.64 Å². The Bertz CT molecular complexity index is 989. The molecule has 0 bridgehead atoms. The first-order valence-electron chi connectivity index (χ1n) is 9.20. The largest absolute Gasteiger partial charge is 0.469 e. The Morgan fingerprint density at radius 3 is 2.42 bits per heavy atom. The van der Waals surface area contributed by atoms with Crippen LogP contribution in [0.5, 0.6) is 11.6 Å². The number of rotatable bonds is 7. The molecule has 2 heterocycles. The fourth-order valence-electron chi connectivity index (χ4n) is 2.99. The van der Waals surface area contributed by atoms with Gasteiger partial charge in [0.1, 0.15) is 18.5 Å². The molecule has 1 aliphatic rings. The number of Topliss-reactive ketones (excluding diaryl/α,β-unsaturated/α-hetero) is 1. The number of hydrogen-bond acceptors (Lipinski definition) is 9. The van der Waals surface area contributed by atoms with Crippen LogP contribution in [-0.4, -0.2) is 52.8 Å². The van der Waals surface area contributed by atoms with Crippen LogP contribution >= 0.6 is 0 Å². The van der Waals surface area contributed by atoms with E-state index in [0.717, 1.165) is 6.33 Å². The minimum absolute atomic E-state index is 0.0959. The molecule has 0 atom stereocenters. The highest BCUT2D eigenvalue weighted by atomic mass is 19.3. The fraction of sp³-hybridized carbons (Fsp3) is 0.368. The number of carbonyl (C=O) groups is 2. The van der Waals surface area contributed by atoms with Gasteiger partial charge in [-0.2, -0.15) is 4.98 Å². The quantitative estimate of drug-likeness (QED) is 0.212. The van der Waals surface area contributed by atoms with Crippen molar-refractivity contribution >= 4 is 23.3 Å². The highest BCUT2D eigenvalue weighted by Crippen LogP contribution is 2.38. The standard InChI is InChI=1S/C19H18F2N4O6/c1-30-15(27)10-14(26)12-2-4-13(5-3-12)31-18-16(25(28)29)17(22-11-23-18)24-8-6-19(20,21)7-9-24/h2-5,11H,6-10H2,1H3. The summed E-state index contributed by atoms with van der Waals surface area (Å²) in [5.74, 6) is -4.27. The van der Waals surface area contributed by atoms with Gasteiger partial charge < -0.3 is 14.4 Å². The smallest absolute Gasteiger partial charge is 0.373 e. The number of halogens is 2. The molecule has 0 radical (unpaired) electrons. The molecule has 0 N–H and O–H groups in total. The molecule has 164 valence electrons. The van der Waals surface area contributed by atoms with Crippen LogP contribution in [0.4, 0.5) is 20.3 Å². The number of anilines is 1.